The molecule has 4 saturated carbocycles. The molecule has 36 atom stereocenters. The number of hydrogen-bond donors (Lipinski definition) is 19. The minimum absolute atomic E-state index is 0.133. The Bertz CT molecular complexity index is 2380. The topological polar surface area (TPSA) is 512 Å². The molecule has 6 saturated heterocycles. The summed E-state index contributed by atoms with van der Waals surface area (Å²) in [5, 5.41) is 205. The molecule has 4 aliphatic carbocycles. The van der Waals surface area contributed by atoms with Gasteiger partial charge in [-0.1, -0.05) is 19.9 Å². The first-order valence-electron chi connectivity index (χ1n) is 30.3. The summed E-state index contributed by atoms with van der Waals surface area (Å²) in [4.78, 5) is 15.4. The number of fused-ring (bicyclic) bond motifs is 3. The lowest BCUT2D eigenvalue weighted by Gasteiger charge is -2.64. The maximum absolute atomic E-state index is 15.4. The second-order valence-corrected chi connectivity index (χ2v) is 26.4. The van der Waals surface area contributed by atoms with Gasteiger partial charge in [0.1, 0.15) is 134 Å². The summed E-state index contributed by atoms with van der Waals surface area (Å²) < 4.78 is 73.2. The second-order valence-electron chi connectivity index (χ2n) is 26.4. The van der Waals surface area contributed by atoms with Crippen LogP contribution >= 0.6 is 0 Å². The quantitative estimate of drug-likeness (QED) is 0.0365. The van der Waals surface area contributed by atoms with Crippen LogP contribution < -0.4 is 0 Å². The SMILES string of the molecule is C=C1CC23CCC4C(C)(C(=O)OC5OC(CO)C(O)C(OC6OC(CO)C(O)C(O)C6O)C5OC5OC(C)C(O)C(O)C5O)CCCC4(C)C2CCC1(OC1OC(CO)C(O)C(OC2OC(CO)C(O)C(O)C2O)C1OC1OC(CO)C(O)C(O)C1O)C3. The van der Waals surface area contributed by atoms with E-state index in [4.69, 9.17) is 56.8 Å². The lowest BCUT2D eigenvalue weighted by atomic mass is 9.41. The van der Waals surface area contributed by atoms with Gasteiger partial charge in [0.05, 0.1) is 50.2 Å². The van der Waals surface area contributed by atoms with Gasteiger partial charge in [-0.25, -0.2) is 0 Å². The van der Waals surface area contributed by atoms with E-state index >= 15 is 4.79 Å². The van der Waals surface area contributed by atoms with E-state index in [-0.39, 0.29) is 12.3 Å². The molecule has 6 aliphatic heterocycles. The van der Waals surface area contributed by atoms with E-state index in [1.54, 1.807) is 6.92 Å². The Hall–Kier alpha value is -1.99. The molecule has 6 heterocycles. The van der Waals surface area contributed by atoms with Crippen molar-refractivity contribution in [2.75, 3.05) is 33.0 Å². The number of ether oxygens (including phenoxy) is 12. The molecule has 10 aliphatic rings. The molecule has 19 N–H and O–H groups in total. The van der Waals surface area contributed by atoms with Crippen molar-refractivity contribution in [3.8, 4) is 0 Å². The number of carbonyl (C=O) groups is 1. The molecule has 0 radical (unpaired) electrons. The normalized spacial score (nSPS) is 55.0. The lowest BCUT2D eigenvalue weighted by Crippen LogP contribution is -2.68. The smallest absolute Gasteiger partial charge is 0.314 e. The predicted molar refractivity (Wildman–Crippen MR) is 283 cm³/mol. The summed E-state index contributed by atoms with van der Waals surface area (Å²) in [5.74, 6) is -1.35. The fourth-order valence-electron chi connectivity index (χ4n) is 16.4. The average Bonchev–Trinajstić information content (AvgIpc) is 1.41. The summed E-state index contributed by atoms with van der Waals surface area (Å²) in [5.41, 5.74) is -3.13. The molecular weight excluding hydrogens is 1180 g/mol. The van der Waals surface area contributed by atoms with Gasteiger partial charge < -0.3 is 154 Å². The van der Waals surface area contributed by atoms with Crippen molar-refractivity contribution in [1.29, 1.82) is 0 Å². The zero-order chi connectivity index (χ0) is 64.0. The van der Waals surface area contributed by atoms with Gasteiger partial charge in [-0.3, -0.25) is 4.79 Å². The van der Waals surface area contributed by atoms with Gasteiger partial charge in [-0.15, -0.1) is 0 Å². The molecule has 1 spiro atoms. The van der Waals surface area contributed by atoms with Gasteiger partial charge in [0.15, 0.2) is 37.6 Å². The van der Waals surface area contributed by atoms with Crippen LogP contribution in [0.2, 0.25) is 0 Å². The largest absolute Gasteiger partial charge is 0.432 e. The Morgan fingerprint density at radius 3 is 1.31 bits per heavy atom. The van der Waals surface area contributed by atoms with Crippen LogP contribution in [0, 0.1) is 28.1 Å². The summed E-state index contributed by atoms with van der Waals surface area (Å²) in [6.45, 7) is 5.42. The zero-order valence-corrected chi connectivity index (χ0v) is 48.9. The Balaban J connectivity index is 0.919. The van der Waals surface area contributed by atoms with Crippen molar-refractivity contribution in [1.82, 2.24) is 0 Å². The van der Waals surface area contributed by atoms with Crippen LogP contribution in [-0.4, -0.2) is 326 Å². The summed E-state index contributed by atoms with van der Waals surface area (Å²) in [6, 6.07) is 0. The predicted octanol–water partition coefficient (Wildman–Crippen LogP) is -8.44. The zero-order valence-electron chi connectivity index (χ0n) is 48.9. The Morgan fingerprint density at radius 1 is 0.455 bits per heavy atom. The van der Waals surface area contributed by atoms with E-state index in [2.05, 4.69) is 13.5 Å². The van der Waals surface area contributed by atoms with Crippen LogP contribution in [0.15, 0.2) is 12.2 Å². The molecule has 32 heteroatoms. The van der Waals surface area contributed by atoms with E-state index in [0.29, 0.717) is 56.9 Å². The molecular formula is C56H90O32. The molecule has 0 aromatic heterocycles. The molecule has 10 fully saturated rings. The number of carbonyl (C=O) groups excluding carboxylic acids is 1. The van der Waals surface area contributed by atoms with E-state index in [9.17, 15) is 97.0 Å². The first kappa shape index (κ1) is 68.9. The second kappa shape index (κ2) is 26.7. The van der Waals surface area contributed by atoms with Crippen LogP contribution in [0.4, 0.5) is 0 Å². The van der Waals surface area contributed by atoms with Crippen LogP contribution in [-0.2, 0) is 61.6 Å². The highest BCUT2D eigenvalue weighted by molar-refractivity contribution is 5.77. The van der Waals surface area contributed by atoms with Crippen LogP contribution in [0.3, 0.4) is 0 Å². The molecule has 88 heavy (non-hydrogen) atoms. The monoisotopic (exact) mass is 1270 g/mol. The number of rotatable bonds is 17. The summed E-state index contributed by atoms with van der Waals surface area (Å²) >= 11 is 0. The molecule has 2 bridgehead atoms. The van der Waals surface area contributed by atoms with Crippen molar-refractivity contribution in [2.45, 2.75) is 268 Å². The Morgan fingerprint density at radius 2 is 0.841 bits per heavy atom. The summed E-state index contributed by atoms with van der Waals surface area (Å²) in [6.07, 6.45) is -50.1. The van der Waals surface area contributed by atoms with E-state index < -0.39 is 251 Å². The minimum atomic E-state index is -2.03. The standard InChI is InChI=1S/C56H90O32/c1-19-12-55-10-6-26-53(3,8-5-9-54(26,4)52(76)87-50-44(85-46-38(72)34(68)28(62)20(2)77-46)42(32(66)24(16-60)81-50)83-47-39(73)35(69)29(63)21(13-57)78-47)27(55)7-11-56(19,18-55)88-51-45(86-49-41(75)37(71)31(65)23(15-59)80-49)43(33(67)25(17-61)82-51)84-48-40(74)36(70)30(64)22(14-58)79-48/h20-51,57-75H,1,5-18H2,2-4H3. The number of hydrogen-bond acceptors (Lipinski definition) is 32. The van der Waals surface area contributed by atoms with Crippen LogP contribution in [0.5, 0.6) is 0 Å². The van der Waals surface area contributed by atoms with Crippen LogP contribution in [0.25, 0.3) is 0 Å². The van der Waals surface area contributed by atoms with E-state index in [1.807, 2.05) is 0 Å². The van der Waals surface area contributed by atoms with Crippen LogP contribution in [0.1, 0.15) is 78.6 Å². The summed E-state index contributed by atoms with van der Waals surface area (Å²) in [7, 11) is 0. The molecule has 10 rings (SSSR count). The Labute approximate surface area is 505 Å². The third-order valence-electron chi connectivity index (χ3n) is 21.3. The number of aliphatic hydroxyl groups is 19. The molecule has 506 valence electrons. The average molecular weight is 1280 g/mol. The van der Waals surface area contributed by atoms with Gasteiger partial charge in [0, 0.05) is 0 Å². The number of esters is 1. The van der Waals surface area contributed by atoms with Crippen molar-refractivity contribution < 1.29 is 159 Å². The van der Waals surface area contributed by atoms with E-state index in [1.165, 1.54) is 6.92 Å². The Kier molecular flexibility index (Phi) is 20.9. The van der Waals surface area contributed by atoms with Crippen molar-refractivity contribution in [3.05, 3.63) is 12.2 Å². The molecule has 0 amide bonds. The van der Waals surface area contributed by atoms with Gasteiger partial charge in [0.2, 0.25) is 6.29 Å². The third kappa shape index (κ3) is 12.0. The number of aliphatic hydroxyl groups excluding tert-OH is 19. The third-order valence-corrected chi connectivity index (χ3v) is 21.3. The fraction of sp³-hybridized carbons (Fsp3) is 0.946. The van der Waals surface area contributed by atoms with Gasteiger partial charge in [-0.2, -0.15) is 0 Å². The molecule has 32 nitrogen and oxygen atoms in total. The van der Waals surface area contributed by atoms with Crippen molar-refractivity contribution >= 4 is 5.97 Å². The highest BCUT2D eigenvalue weighted by atomic mass is 16.8. The maximum atomic E-state index is 15.4. The highest BCUT2D eigenvalue weighted by Gasteiger charge is 2.70. The molecule has 36 unspecified atom stereocenters. The highest BCUT2D eigenvalue weighted by Crippen LogP contribution is 2.74. The first-order valence-corrected chi connectivity index (χ1v) is 30.3. The van der Waals surface area contributed by atoms with Gasteiger partial charge in [-0.05, 0) is 93.5 Å². The molecule has 0 aromatic rings. The van der Waals surface area contributed by atoms with Gasteiger partial charge >= 0.3 is 5.97 Å². The van der Waals surface area contributed by atoms with Gasteiger partial charge in [0.25, 0.3) is 0 Å². The van der Waals surface area contributed by atoms with E-state index in [0.717, 1.165) is 0 Å². The fourth-order valence-corrected chi connectivity index (χ4v) is 16.4. The van der Waals surface area contributed by atoms with Crippen molar-refractivity contribution in [2.24, 2.45) is 28.1 Å². The molecule has 0 aromatic carbocycles. The first-order chi connectivity index (χ1) is 41.6. The van der Waals surface area contributed by atoms with Crippen molar-refractivity contribution in [3.63, 3.8) is 0 Å². The minimum Gasteiger partial charge on any atom is -0.432 e. The lowest BCUT2D eigenvalue weighted by molar-refractivity contribution is -0.400. The maximum Gasteiger partial charge on any atom is 0.314 e.